The normalized spacial score (nSPS) is 17.6. The number of nitrogens with zero attached hydrogens (tertiary/aromatic N) is 3. The first kappa shape index (κ1) is 16.2. The highest BCUT2D eigenvalue weighted by Crippen LogP contribution is 2.21. The lowest BCUT2D eigenvalue weighted by atomic mass is 10.3. The Morgan fingerprint density at radius 1 is 1.54 bits per heavy atom. The number of hydrogen-bond donors (Lipinski definition) is 0. The number of halogens is 1. The minimum absolute atomic E-state index is 0.0488. The number of amides is 1. The largest absolute Gasteiger partial charge is 0.470 e. The summed E-state index contributed by atoms with van der Waals surface area (Å²) in [6.45, 7) is 2.77. The molecule has 0 N–H and O–H groups in total. The summed E-state index contributed by atoms with van der Waals surface area (Å²) in [6.07, 6.45) is 6.74. The number of likely N-dealkylation sites (tertiary alicyclic amines) is 1. The molecule has 24 heavy (non-hydrogen) atoms. The van der Waals surface area contributed by atoms with Gasteiger partial charge in [0.25, 0.3) is 5.88 Å². The Morgan fingerprint density at radius 2 is 2.42 bits per heavy atom. The van der Waals surface area contributed by atoms with Crippen LogP contribution in [0.2, 0.25) is 0 Å². The van der Waals surface area contributed by atoms with Gasteiger partial charge in [-0.15, -0.1) is 0 Å². The van der Waals surface area contributed by atoms with E-state index in [9.17, 15) is 9.18 Å². The molecule has 3 heterocycles. The minimum Gasteiger partial charge on any atom is -0.470 e. The van der Waals surface area contributed by atoms with Crippen molar-refractivity contribution in [3.05, 3.63) is 48.1 Å². The summed E-state index contributed by atoms with van der Waals surface area (Å²) in [7, 11) is 0. The lowest BCUT2D eigenvalue weighted by molar-refractivity contribution is -0.125. The molecule has 0 aliphatic carbocycles. The SMILES string of the molecule is CCc1ncnc(OC2CCN(C(=O)C=Cc3ccco3)C2)c1F. The zero-order valence-electron chi connectivity index (χ0n) is 13.3. The summed E-state index contributed by atoms with van der Waals surface area (Å²) in [6, 6.07) is 3.52. The predicted octanol–water partition coefficient (Wildman–Crippen LogP) is 2.46. The third kappa shape index (κ3) is 3.61. The van der Waals surface area contributed by atoms with E-state index in [2.05, 4.69) is 9.97 Å². The van der Waals surface area contributed by atoms with Crippen LogP contribution in [-0.2, 0) is 11.2 Å². The third-order valence-electron chi connectivity index (χ3n) is 3.83. The van der Waals surface area contributed by atoms with Crippen molar-refractivity contribution in [2.75, 3.05) is 13.1 Å². The van der Waals surface area contributed by atoms with Crippen LogP contribution in [0.25, 0.3) is 6.08 Å². The second-order valence-electron chi connectivity index (χ2n) is 5.45. The van der Waals surface area contributed by atoms with Gasteiger partial charge in [-0.25, -0.2) is 4.98 Å². The zero-order chi connectivity index (χ0) is 16.9. The predicted molar refractivity (Wildman–Crippen MR) is 84.7 cm³/mol. The first-order valence-corrected chi connectivity index (χ1v) is 7.84. The van der Waals surface area contributed by atoms with Gasteiger partial charge in [0.05, 0.1) is 18.5 Å². The van der Waals surface area contributed by atoms with Crippen LogP contribution in [0.3, 0.4) is 0 Å². The fourth-order valence-corrected chi connectivity index (χ4v) is 2.54. The highest BCUT2D eigenvalue weighted by Gasteiger charge is 2.28. The fraction of sp³-hybridized carbons (Fsp3) is 0.353. The van der Waals surface area contributed by atoms with Gasteiger partial charge in [-0.3, -0.25) is 4.79 Å². The average molecular weight is 331 g/mol. The molecule has 0 saturated carbocycles. The number of ether oxygens (including phenoxy) is 1. The van der Waals surface area contributed by atoms with E-state index in [-0.39, 0.29) is 17.9 Å². The maximum atomic E-state index is 14.1. The molecule has 0 aromatic carbocycles. The van der Waals surface area contributed by atoms with Gasteiger partial charge in [0.2, 0.25) is 11.7 Å². The molecule has 1 atom stereocenters. The third-order valence-corrected chi connectivity index (χ3v) is 3.83. The number of furan rings is 1. The number of carbonyl (C=O) groups excluding carboxylic acids is 1. The molecule has 0 radical (unpaired) electrons. The molecular formula is C17H18FN3O3. The lowest BCUT2D eigenvalue weighted by Gasteiger charge is -2.15. The van der Waals surface area contributed by atoms with Crippen molar-refractivity contribution < 1.29 is 18.3 Å². The van der Waals surface area contributed by atoms with Gasteiger partial charge in [0.1, 0.15) is 18.2 Å². The summed E-state index contributed by atoms with van der Waals surface area (Å²) in [4.78, 5) is 21.5. The van der Waals surface area contributed by atoms with Crippen molar-refractivity contribution >= 4 is 12.0 Å². The lowest BCUT2D eigenvalue weighted by Crippen LogP contribution is -2.29. The van der Waals surface area contributed by atoms with Crippen molar-refractivity contribution in [3.8, 4) is 5.88 Å². The van der Waals surface area contributed by atoms with Gasteiger partial charge in [0, 0.05) is 19.0 Å². The van der Waals surface area contributed by atoms with Gasteiger partial charge in [-0.1, -0.05) is 6.92 Å². The van der Waals surface area contributed by atoms with Gasteiger partial charge in [0.15, 0.2) is 0 Å². The van der Waals surface area contributed by atoms with Crippen molar-refractivity contribution in [2.24, 2.45) is 0 Å². The van der Waals surface area contributed by atoms with E-state index in [0.717, 1.165) is 0 Å². The summed E-state index contributed by atoms with van der Waals surface area (Å²) >= 11 is 0. The van der Waals surface area contributed by atoms with E-state index in [1.807, 2.05) is 6.92 Å². The molecule has 1 amide bonds. The van der Waals surface area contributed by atoms with Gasteiger partial charge in [-0.05, 0) is 24.6 Å². The maximum Gasteiger partial charge on any atom is 0.254 e. The van der Waals surface area contributed by atoms with Crippen LogP contribution in [0.1, 0.15) is 24.8 Å². The summed E-state index contributed by atoms with van der Waals surface area (Å²) in [5, 5.41) is 0. The Morgan fingerprint density at radius 3 is 3.17 bits per heavy atom. The van der Waals surface area contributed by atoms with E-state index in [1.165, 1.54) is 12.4 Å². The van der Waals surface area contributed by atoms with Crippen molar-refractivity contribution in [3.63, 3.8) is 0 Å². The Balaban J connectivity index is 1.58. The smallest absolute Gasteiger partial charge is 0.254 e. The highest BCUT2D eigenvalue weighted by atomic mass is 19.1. The second-order valence-corrected chi connectivity index (χ2v) is 5.45. The second kappa shape index (κ2) is 7.25. The number of aryl methyl sites for hydroxylation is 1. The Labute approximate surface area is 139 Å². The molecule has 2 aromatic rings. The van der Waals surface area contributed by atoms with E-state index >= 15 is 0 Å². The Kier molecular flexibility index (Phi) is 4.88. The molecule has 1 aliphatic heterocycles. The van der Waals surface area contributed by atoms with Crippen LogP contribution < -0.4 is 4.74 Å². The average Bonchev–Trinajstić information content (AvgIpc) is 3.26. The van der Waals surface area contributed by atoms with Crippen LogP contribution in [-0.4, -0.2) is 40.0 Å². The molecule has 1 saturated heterocycles. The maximum absolute atomic E-state index is 14.1. The minimum atomic E-state index is -0.525. The fourth-order valence-electron chi connectivity index (χ4n) is 2.54. The molecule has 1 fully saturated rings. The quantitative estimate of drug-likeness (QED) is 0.787. The molecule has 7 heteroatoms. The molecule has 2 aromatic heterocycles. The molecular weight excluding hydrogens is 313 g/mol. The van der Waals surface area contributed by atoms with Crippen LogP contribution in [0.15, 0.2) is 35.2 Å². The molecule has 0 spiro atoms. The molecule has 1 aliphatic rings. The monoisotopic (exact) mass is 331 g/mol. The first-order valence-electron chi connectivity index (χ1n) is 7.84. The summed E-state index contributed by atoms with van der Waals surface area (Å²) in [5.41, 5.74) is 0.326. The Hall–Kier alpha value is -2.70. The standard InChI is InChI=1S/C17H18FN3O3/c1-2-14-16(18)17(20-11-19-14)24-13-7-8-21(10-13)15(22)6-5-12-4-3-9-23-12/h3-6,9,11,13H,2,7-8,10H2,1H3. The van der Waals surface area contributed by atoms with Gasteiger partial charge in [-0.2, -0.15) is 9.37 Å². The number of rotatable bonds is 5. The van der Waals surface area contributed by atoms with E-state index in [1.54, 1.807) is 29.4 Å². The van der Waals surface area contributed by atoms with Crippen LogP contribution >= 0.6 is 0 Å². The van der Waals surface area contributed by atoms with Crippen molar-refractivity contribution in [1.29, 1.82) is 0 Å². The topological polar surface area (TPSA) is 68.5 Å². The van der Waals surface area contributed by atoms with Crippen LogP contribution in [0, 0.1) is 5.82 Å². The molecule has 6 nitrogen and oxygen atoms in total. The molecule has 3 rings (SSSR count). The van der Waals surface area contributed by atoms with Gasteiger partial charge >= 0.3 is 0 Å². The zero-order valence-corrected chi connectivity index (χ0v) is 13.3. The Bertz CT molecular complexity index is 731. The molecule has 126 valence electrons. The number of carbonyl (C=O) groups is 1. The van der Waals surface area contributed by atoms with E-state index in [4.69, 9.17) is 9.15 Å². The van der Waals surface area contributed by atoms with E-state index in [0.29, 0.717) is 37.4 Å². The van der Waals surface area contributed by atoms with Crippen molar-refractivity contribution in [1.82, 2.24) is 14.9 Å². The van der Waals surface area contributed by atoms with Crippen molar-refractivity contribution in [2.45, 2.75) is 25.9 Å². The molecule has 0 bridgehead atoms. The van der Waals surface area contributed by atoms with Crippen LogP contribution in [0.4, 0.5) is 4.39 Å². The summed E-state index contributed by atoms with van der Waals surface area (Å²) in [5.74, 6) is -0.0878. The highest BCUT2D eigenvalue weighted by molar-refractivity contribution is 5.91. The van der Waals surface area contributed by atoms with E-state index < -0.39 is 5.82 Å². The first-order chi connectivity index (χ1) is 11.7. The van der Waals surface area contributed by atoms with Gasteiger partial charge < -0.3 is 14.1 Å². The summed E-state index contributed by atoms with van der Waals surface area (Å²) < 4.78 is 24.9. The number of aromatic nitrogens is 2. The molecule has 1 unspecified atom stereocenters. The number of hydrogen-bond acceptors (Lipinski definition) is 5. The van der Waals surface area contributed by atoms with Crippen LogP contribution in [0.5, 0.6) is 5.88 Å².